The number of nitrogens with two attached hydrogens (primary N) is 1. The van der Waals surface area contributed by atoms with Crippen LogP contribution in [0, 0.1) is 13.8 Å². The minimum atomic E-state index is -6.06. The Bertz CT molecular complexity index is 5400. The molecule has 0 aliphatic carbocycles. The number of amides is 8. The second-order valence-corrected chi connectivity index (χ2v) is 62.4. The molecule has 0 bridgehead atoms. The highest BCUT2D eigenvalue weighted by Gasteiger charge is 2.53. The molecule has 13 rings (SSSR count). The van der Waals surface area contributed by atoms with Gasteiger partial charge in [0, 0.05) is 139 Å². The van der Waals surface area contributed by atoms with Crippen LogP contribution in [0.1, 0.15) is 110 Å². The molecule has 30 nitrogen and oxygen atoms in total. The lowest BCUT2D eigenvalue weighted by molar-refractivity contribution is -0.123. The zero-order valence-electron chi connectivity index (χ0n) is 76.9. The lowest BCUT2D eigenvalue weighted by Crippen LogP contribution is -2.45. The maximum atomic E-state index is 14.5. The van der Waals surface area contributed by atoms with Gasteiger partial charge in [-0.2, -0.15) is 21.6 Å². The van der Waals surface area contributed by atoms with E-state index in [0.29, 0.717) is 121 Å². The number of aryl methyl sites for hydroxylation is 2. The number of anilines is 5. The summed E-state index contributed by atoms with van der Waals surface area (Å²) < 4.78 is 128. The van der Waals surface area contributed by atoms with Crippen molar-refractivity contribution in [2.24, 2.45) is 0 Å². The van der Waals surface area contributed by atoms with E-state index in [9.17, 15) is 59.9 Å². The number of ether oxygens (including phenoxy) is 10. The van der Waals surface area contributed by atoms with Gasteiger partial charge in [-0.05, 0) is 123 Å². The van der Waals surface area contributed by atoms with E-state index in [4.69, 9.17) is 53.1 Å². The summed E-state index contributed by atoms with van der Waals surface area (Å²) in [5.41, 5.74) is 8.04. The van der Waals surface area contributed by atoms with E-state index in [1.807, 2.05) is 45.0 Å². The number of benzene rings is 5. The van der Waals surface area contributed by atoms with Crippen LogP contribution in [0.25, 0.3) is 5.57 Å². The van der Waals surface area contributed by atoms with Gasteiger partial charge in [-0.1, -0.05) is 102 Å². The molecular formula is C91H120F3N9O21SSi4. The Morgan fingerprint density at radius 3 is 1.02 bits per heavy atom. The van der Waals surface area contributed by atoms with Crippen molar-refractivity contribution in [3.05, 3.63) is 153 Å². The van der Waals surface area contributed by atoms with Crippen LogP contribution >= 0.6 is 0 Å². The summed E-state index contributed by atoms with van der Waals surface area (Å²) in [6.07, 6.45) is 7.42. The minimum absolute atomic E-state index is 0.00165. The van der Waals surface area contributed by atoms with Crippen LogP contribution in [0.2, 0.25) is 103 Å². The Kier molecular flexibility index (Phi) is 30.1. The van der Waals surface area contributed by atoms with E-state index >= 15 is 0 Å². The highest BCUT2D eigenvalue weighted by molar-refractivity contribution is 7.87. The van der Waals surface area contributed by atoms with Crippen LogP contribution in [0.3, 0.4) is 0 Å². The number of hydrogen-bond donors (Lipinski definition) is 1. The van der Waals surface area contributed by atoms with Gasteiger partial charge in [-0.25, -0.2) is 0 Å². The van der Waals surface area contributed by atoms with Gasteiger partial charge in [0.15, 0.2) is 23.0 Å². The Morgan fingerprint density at radius 2 is 0.690 bits per heavy atom. The van der Waals surface area contributed by atoms with E-state index < -0.39 is 96.1 Å². The van der Waals surface area contributed by atoms with Crippen LogP contribution in [0.5, 0.6) is 34.5 Å². The van der Waals surface area contributed by atoms with Gasteiger partial charge in [-0.15, -0.1) is 0 Å². The normalized spacial score (nSPS) is 18.8. The standard InChI is InChI=1S/C48H63N5O9Si2.C43H57F3N4O12SSi2/c1-31-21-40-47(56)53(30-60-18-20-64(7,8)9)39-26-44(43(58-3)24-37(39)46(55)50(40)27-31)62-16-10-15-61-42-25-38-36(22-32(42)2)45(54)51-28-34(33-11-13-35(49)14-12-33)23-41(51)48(57)52(38)29-59-17-19-63(4,5)6;1-27-17-34-41(53)50(26-59-14-16-65(7,8)9)33-22-38(37(57-3)20-31(33)40(52)47(34)23-27)61-12-10-11-60-36-21-32-30(18-28(36)2)39(51)48-24-29(62-63(55,56)43(44,45)46)19-35(48)42(54)49(32)25-58-13-15-64(4,5)6/h11-14,22,24-28,40-41H,10,15-21,23,29-30,49H2,1-9H3;18,20-24,34-35H,10-17,19,25-26H2,1-9H3/t40-,41-;34-,35-/m00/s1. The zero-order valence-corrected chi connectivity index (χ0v) is 81.7. The highest BCUT2D eigenvalue weighted by atomic mass is 32.2. The lowest BCUT2D eigenvalue weighted by Gasteiger charge is -2.27. The molecule has 8 aliphatic rings. The van der Waals surface area contributed by atoms with Crippen molar-refractivity contribution in [1.29, 1.82) is 0 Å². The van der Waals surface area contributed by atoms with Crippen molar-refractivity contribution in [1.82, 2.24) is 19.6 Å². The molecule has 698 valence electrons. The van der Waals surface area contributed by atoms with Gasteiger partial charge in [0.2, 0.25) is 0 Å². The molecule has 4 atom stereocenters. The van der Waals surface area contributed by atoms with Gasteiger partial charge in [0.25, 0.3) is 47.3 Å². The van der Waals surface area contributed by atoms with Crippen LogP contribution in [0.15, 0.2) is 115 Å². The fraction of sp³-hybridized carbons (Fsp3) is 0.495. The van der Waals surface area contributed by atoms with Gasteiger partial charge in [0.05, 0.1) is 85.7 Å². The summed E-state index contributed by atoms with van der Waals surface area (Å²) in [5, 5.41) is 0. The number of alkyl halides is 3. The van der Waals surface area contributed by atoms with E-state index in [1.54, 1.807) is 76.6 Å². The molecule has 0 unspecified atom stereocenters. The van der Waals surface area contributed by atoms with Gasteiger partial charge in [0.1, 0.15) is 68.3 Å². The second-order valence-electron chi connectivity index (χ2n) is 38.4. The minimum Gasteiger partial charge on any atom is -0.493 e. The molecular weight excluding hydrogens is 1760 g/mol. The number of methoxy groups -OCH3 is 2. The molecule has 0 saturated heterocycles. The summed E-state index contributed by atoms with van der Waals surface area (Å²) in [5.74, 6) is -1.68. The fourth-order valence-corrected chi connectivity index (χ4v) is 19.2. The van der Waals surface area contributed by atoms with E-state index in [0.717, 1.165) is 63.1 Å². The number of halogens is 3. The number of nitrogens with zero attached hydrogens (tertiary/aromatic N) is 8. The molecule has 5 aromatic carbocycles. The van der Waals surface area contributed by atoms with Crippen molar-refractivity contribution < 1.29 is 111 Å². The number of rotatable bonds is 37. The quantitative estimate of drug-likeness (QED) is 0.0127. The smallest absolute Gasteiger partial charge is 0.493 e. The topological polar surface area (TPSA) is 324 Å². The maximum absolute atomic E-state index is 14.5. The number of fused-ring (bicyclic) bond motifs is 8. The van der Waals surface area contributed by atoms with Gasteiger partial charge < -0.3 is 72.0 Å². The second kappa shape index (κ2) is 39.8. The average molecular weight is 1880 g/mol. The highest BCUT2D eigenvalue weighted by Crippen LogP contribution is 2.47. The first-order valence-electron chi connectivity index (χ1n) is 43.4. The number of carbonyl (C=O) groups excluding carboxylic acids is 8. The molecule has 0 spiro atoms. The molecule has 8 amide bonds. The summed E-state index contributed by atoms with van der Waals surface area (Å²) in [6.45, 7) is 36.2. The van der Waals surface area contributed by atoms with E-state index in [1.165, 1.54) is 46.0 Å². The fourth-order valence-electron chi connectivity index (χ4n) is 15.7. The van der Waals surface area contributed by atoms with E-state index in [2.05, 4.69) is 82.7 Å². The molecule has 0 radical (unpaired) electrons. The first-order chi connectivity index (χ1) is 60.6. The zero-order chi connectivity index (χ0) is 93.9. The molecule has 0 aromatic heterocycles. The molecule has 38 heteroatoms. The van der Waals surface area contributed by atoms with Gasteiger partial charge in [-0.3, -0.25) is 62.9 Å². The van der Waals surface area contributed by atoms with Crippen LogP contribution in [-0.2, 0) is 52.4 Å². The predicted octanol–water partition coefficient (Wildman–Crippen LogP) is 15.3. The summed E-state index contributed by atoms with van der Waals surface area (Å²) in [6, 6.07) is 20.5. The van der Waals surface area contributed by atoms with Crippen molar-refractivity contribution in [2.75, 3.05) is 119 Å². The predicted molar refractivity (Wildman–Crippen MR) is 494 cm³/mol. The number of carbonyl (C=O) groups is 8. The molecule has 8 heterocycles. The lowest BCUT2D eigenvalue weighted by atomic mass is 10.0. The Hall–Kier alpha value is -10.3. The van der Waals surface area contributed by atoms with Gasteiger partial charge >= 0.3 is 15.6 Å². The Morgan fingerprint density at radius 1 is 0.388 bits per heavy atom. The molecule has 0 fully saturated rings. The molecule has 5 aromatic rings. The average Bonchev–Trinajstić information content (AvgIpc) is 1.63. The largest absolute Gasteiger partial charge is 0.534 e. The number of hydrogen-bond acceptors (Lipinski definition) is 22. The Balaban J connectivity index is 0.000000234. The van der Waals surface area contributed by atoms with E-state index in [-0.39, 0.29) is 117 Å². The van der Waals surface area contributed by atoms with Crippen LogP contribution in [-0.4, -0.2) is 231 Å². The summed E-state index contributed by atoms with van der Waals surface area (Å²) in [7, 11) is -8.88. The van der Waals surface area contributed by atoms with Crippen molar-refractivity contribution >= 4 is 124 Å². The monoisotopic (exact) mass is 1880 g/mol. The molecule has 129 heavy (non-hydrogen) atoms. The molecule has 8 aliphatic heterocycles. The maximum Gasteiger partial charge on any atom is 0.534 e. The van der Waals surface area contributed by atoms with Crippen LogP contribution in [0.4, 0.5) is 41.6 Å². The number of nitrogen functional groups attached to an aromatic ring is 1. The molecule has 0 saturated carbocycles. The van der Waals surface area contributed by atoms with Crippen molar-refractivity contribution in [2.45, 2.75) is 199 Å². The Labute approximate surface area is 756 Å². The third kappa shape index (κ3) is 23.0. The summed E-state index contributed by atoms with van der Waals surface area (Å²) >= 11 is 0. The SMILES string of the molecule is COc1cc2c(cc1OCCCOc1cc3c(cc1C)C(=O)N1C=C(OS(=O)(=O)C(F)(F)F)C[C@H]1C(=O)N3COCC[Si](C)(C)C)N(COCC[Si](C)(C)C)C(=O)[C@@H]1CC(C)=CN1C2=O.COc1cc2c(cc1OCCCOc1cc3c(cc1C)C(=O)N1C=C(c4ccc(N)cc4)C[C@H]1C(=O)N3COCC[Si](C)(C)C)N(COCC[Si](C)(C)C)C(=O)[C@@H]1CC(C)=CN1C2=O. The van der Waals surface area contributed by atoms with Crippen molar-refractivity contribution in [3.63, 3.8) is 0 Å². The third-order valence-electron chi connectivity index (χ3n) is 23.1. The third-order valence-corrected chi connectivity index (χ3v) is 30.9. The van der Waals surface area contributed by atoms with Crippen molar-refractivity contribution in [3.8, 4) is 34.5 Å². The first-order valence-corrected chi connectivity index (χ1v) is 59.6. The van der Waals surface area contributed by atoms with Crippen LogP contribution < -0.4 is 53.8 Å². The first kappa shape index (κ1) is 97.7. The molecule has 2 N–H and O–H groups in total. The summed E-state index contributed by atoms with van der Waals surface area (Å²) in [4.78, 5) is 124.